The zero-order valence-corrected chi connectivity index (χ0v) is 20.4. The summed E-state index contributed by atoms with van der Waals surface area (Å²) in [6, 6.07) is 11.0. The monoisotopic (exact) mass is 511 g/mol. The average Bonchev–Trinajstić information content (AvgIpc) is 3.60. The fourth-order valence-electron chi connectivity index (χ4n) is 5.83. The first-order valence-electron chi connectivity index (χ1n) is 12.5. The Morgan fingerprint density at radius 3 is 2.84 bits per heavy atom. The molecule has 2 aromatic carbocycles. The van der Waals surface area contributed by atoms with E-state index in [2.05, 4.69) is 21.6 Å². The van der Waals surface area contributed by atoms with Gasteiger partial charge in [-0.3, -0.25) is 5.10 Å². The molecule has 0 saturated carbocycles. The minimum absolute atomic E-state index is 0.225. The number of hydrogen-bond donors (Lipinski definition) is 2. The summed E-state index contributed by atoms with van der Waals surface area (Å²) < 4.78 is 46.8. The van der Waals surface area contributed by atoms with Crippen molar-refractivity contribution in [3.63, 3.8) is 0 Å². The molecule has 1 fully saturated rings. The van der Waals surface area contributed by atoms with E-state index in [0.717, 1.165) is 46.3 Å². The minimum atomic E-state index is -4.45. The van der Waals surface area contributed by atoms with E-state index < -0.39 is 23.7 Å². The topological polar surface area (TPSA) is 73.5 Å². The average molecular weight is 512 g/mol. The number of nitrogens with zero attached hydrogens (tertiary/aromatic N) is 3. The molecule has 0 radical (unpaired) electrons. The number of amides is 2. The lowest BCUT2D eigenvalue weighted by Crippen LogP contribution is -2.48. The predicted molar refractivity (Wildman–Crippen MR) is 131 cm³/mol. The zero-order valence-electron chi connectivity index (χ0n) is 20.4. The molecule has 194 valence electrons. The van der Waals surface area contributed by atoms with Gasteiger partial charge in [0.15, 0.2) is 0 Å². The van der Waals surface area contributed by atoms with Gasteiger partial charge in [-0.15, -0.1) is 0 Å². The first-order valence-corrected chi connectivity index (χ1v) is 12.5. The second-order valence-corrected chi connectivity index (χ2v) is 10.1. The molecule has 6 rings (SSSR count). The lowest BCUT2D eigenvalue weighted by molar-refractivity contribution is -0.138. The molecule has 2 N–H and O–H groups in total. The quantitative estimate of drug-likeness (QED) is 0.553. The number of aromatic amines is 1. The molecule has 3 aromatic rings. The normalized spacial score (nSPS) is 21.5. The van der Waals surface area contributed by atoms with E-state index in [1.165, 1.54) is 12.1 Å². The maximum absolute atomic E-state index is 13.7. The molecule has 4 heterocycles. The molecule has 0 spiro atoms. The summed E-state index contributed by atoms with van der Waals surface area (Å²) in [5, 5.41) is 10.7. The number of urea groups is 1. The summed E-state index contributed by atoms with van der Waals surface area (Å²) in [6.45, 7) is 2.49. The molecular formula is C27H28F3N5O2. The Balaban J connectivity index is 1.21. The Morgan fingerprint density at radius 1 is 1.16 bits per heavy atom. The smallest absolute Gasteiger partial charge is 0.416 e. The number of likely N-dealkylation sites (N-methyl/N-ethyl adjacent to an activating group) is 1. The van der Waals surface area contributed by atoms with Crippen LogP contribution in [0.25, 0.3) is 11.3 Å². The Labute approximate surface area is 212 Å². The molecule has 3 aliphatic heterocycles. The number of ether oxygens (including phenoxy) is 1. The third-order valence-corrected chi connectivity index (χ3v) is 7.66. The third kappa shape index (κ3) is 4.43. The summed E-state index contributed by atoms with van der Waals surface area (Å²) in [5.41, 5.74) is 4.51. The highest BCUT2D eigenvalue weighted by molar-refractivity contribution is 5.76. The Morgan fingerprint density at radius 2 is 2.00 bits per heavy atom. The van der Waals surface area contributed by atoms with Crippen LogP contribution >= 0.6 is 0 Å². The first kappa shape index (κ1) is 23.8. The molecule has 37 heavy (non-hydrogen) atoms. The van der Waals surface area contributed by atoms with Crippen molar-refractivity contribution in [2.45, 2.75) is 37.5 Å². The van der Waals surface area contributed by atoms with Crippen LogP contribution < -0.4 is 10.1 Å². The summed E-state index contributed by atoms with van der Waals surface area (Å²) in [7, 11) is 1.86. The van der Waals surface area contributed by atoms with Crippen molar-refractivity contribution in [2.75, 3.05) is 33.3 Å². The maximum Gasteiger partial charge on any atom is 0.416 e. The lowest BCUT2D eigenvalue weighted by Gasteiger charge is -2.30. The minimum Gasteiger partial charge on any atom is -0.493 e. The second kappa shape index (κ2) is 9.09. The van der Waals surface area contributed by atoms with Crippen LogP contribution in [0.15, 0.2) is 42.5 Å². The molecule has 2 amide bonds. The van der Waals surface area contributed by atoms with Gasteiger partial charge < -0.3 is 19.9 Å². The van der Waals surface area contributed by atoms with Crippen molar-refractivity contribution in [3.8, 4) is 17.0 Å². The lowest BCUT2D eigenvalue weighted by atomic mass is 9.90. The molecule has 10 heteroatoms. The van der Waals surface area contributed by atoms with Gasteiger partial charge in [-0.1, -0.05) is 18.2 Å². The van der Waals surface area contributed by atoms with Crippen molar-refractivity contribution < 1.29 is 22.7 Å². The van der Waals surface area contributed by atoms with Gasteiger partial charge in [0.25, 0.3) is 0 Å². The predicted octanol–water partition coefficient (Wildman–Crippen LogP) is 4.20. The number of hydrogen-bond acceptors (Lipinski definition) is 4. The number of benzene rings is 2. The van der Waals surface area contributed by atoms with Crippen LogP contribution in [0.3, 0.4) is 0 Å². The Kier molecular flexibility index (Phi) is 5.86. The Bertz CT molecular complexity index is 1340. The van der Waals surface area contributed by atoms with Crippen LogP contribution in [0.1, 0.15) is 33.9 Å². The van der Waals surface area contributed by atoms with Gasteiger partial charge in [0, 0.05) is 55.2 Å². The first-order chi connectivity index (χ1) is 17.8. The number of fused-ring (bicyclic) bond motifs is 2. The van der Waals surface area contributed by atoms with Crippen molar-refractivity contribution in [3.05, 3.63) is 70.4 Å². The molecule has 1 aromatic heterocycles. The van der Waals surface area contributed by atoms with Gasteiger partial charge >= 0.3 is 12.2 Å². The number of nitrogens with one attached hydrogen (secondary N) is 2. The fraction of sp³-hybridized carbons (Fsp3) is 0.407. The molecule has 0 unspecified atom stereocenters. The van der Waals surface area contributed by atoms with Gasteiger partial charge in [0.1, 0.15) is 5.75 Å². The number of halogens is 3. The number of H-pyrrole nitrogens is 1. The molecule has 1 saturated heterocycles. The highest BCUT2D eigenvalue weighted by atomic mass is 19.4. The number of rotatable bonds is 3. The van der Waals surface area contributed by atoms with Gasteiger partial charge in [0.05, 0.1) is 30.5 Å². The van der Waals surface area contributed by atoms with E-state index in [-0.39, 0.29) is 11.6 Å². The van der Waals surface area contributed by atoms with Gasteiger partial charge in [-0.25, -0.2) is 4.79 Å². The van der Waals surface area contributed by atoms with Crippen LogP contribution in [0, 0.1) is 0 Å². The van der Waals surface area contributed by atoms with Gasteiger partial charge in [0.2, 0.25) is 0 Å². The summed E-state index contributed by atoms with van der Waals surface area (Å²) in [4.78, 5) is 17.1. The number of aromatic nitrogens is 2. The van der Waals surface area contributed by atoms with Gasteiger partial charge in [-0.05, 0) is 42.4 Å². The summed E-state index contributed by atoms with van der Waals surface area (Å²) >= 11 is 0. The fourth-order valence-corrected chi connectivity index (χ4v) is 5.83. The highest BCUT2D eigenvalue weighted by Crippen LogP contribution is 2.38. The maximum atomic E-state index is 13.7. The number of likely N-dealkylation sites (tertiary alicyclic amines) is 1. The van der Waals surface area contributed by atoms with Crippen LogP contribution in [-0.2, 0) is 25.6 Å². The van der Waals surface area contributed by atoms with E-state index in [0.29, 0.717) is 39.2 Å². The van der Waals surface area contributed by atoms with Crippen molar-refractivity contribution >= 4 is 6.03 Å². The second-order valence-electron chi connectivity index (χ2n) is 10.1. The molecule has 0 aliphatic carbocycles. The van der Waals surface area contributed by atoms with E-state index in [9.17, 15) is 18.0 Å². The van der Waals surface area contributed by atoms with E-state index in [1.807, 2.05) is 24.1 Å². The largest absolute Gasteiger partial charge is 0.493 e. The van der Waals surface area contributed by atoms with Crippen LogP contribution in [0.4, 0.5) is 18.0 Å². The van der Waals surface area contributed by atoms with Crippen molar-refractivity contribution in [1.29, 1.82) is 0 Å². The SMILES string of the molecule is CN1C[C@H](NC(=O)N2CCc3[nH]nc(-c4ccc5c(c4)CCO5)c3C2)[C@@H](c2ccccc2C(F)(F)F)C1. The number of alkyl halides is 3. The summed E-state index contributed by atoms with van der Waals surface area (Å²) in [6.07, 6.45) is -2.95. The van der Waals surface area contributed by atoms with E-state index in [4.69, 9.17) is 4.74 Å². The van der Waals surface area contributed by atoms with Gasteiger partial charge in [-0.2, -0.15) is 18.3 Å². The molecule has 7 nitrogen and oxygen atoms in total. The standard InChI is InChI=1S/C27H28F3N5O2/c1-34-13-19(18-4-2-3-5-21(18)27(28,29)30)23(15-34)31-26(36)35-10-8-22-20(14-35)25(33-32-22)17-6-7-24-16(12-17)9-11-37-24/h2-7,12,19,23H,8-11,13-15H2,1H3,(H,31,36)(H,32,33)/t19-,23+/m1/s1. The summed E-state index contributed by atoms with van der Waals surface area (Å²) in [5.74, 6) is 0.447. The van der Waals surface area contributed by atoms with Crippen LogP contribution in [-0.4, -0.2) is 65.4 Å². The number of carbonyl (C=O) groups excluding carboxylic acids is 1. The van der Waals surface area contributed by atoms with E-state index >= 15 is 0 Å². The van der Waals surface area contributed by atoms with Crippen LogP contribution in [0.5, 0.6) is 5.75 Å². The van der Waals surface area contributed by atoms with Crippen LogP contribution in [0.2, 0.25) is 0 Å². The van der Waals surface area contributed by atoms with Crippen molar-refractivity contribution in [1.82, 2.24) is 25.3 Å². The molecular weight excluding hydrogens is 483 g/mol. The van der Waals surface area contributed by atoms with E-state index in [1.54, 1.807) is 11.0 Å². The van der Waals surface area contributed by atoms with Crippen molar-refractivity contribution in [2.24, 2.45) is 0 Å². The molecule has 2 atom stereocenters. The highest BCUT2D eigenvalue weighted by Gasteiger charge is 2.41. The third-order valence-electron chi connectivity index (χ3n) is 7.66. The zero-order chi connectivity index (χ0) is 25.7. The molecule has 3 aliphatic rings. The Hall–Kier alpha value is -3.53. The number of carbonyl (C=O) groups is 1. The molecule has 0 bridgehead atoms.